The van der Waals surface area contributed by atoms with Crippen LogP contribution in [0.3, 0.4) is 0 Å². The Balaban J connectivity index is 1.58. The summed E-state index contributed by atoms with van der Waals surface area (Å²) >= 11 is 5.96. The van der Waals surface area contributed by atoms with Crippen LogP contribution in [0.5, 0.6) is 0 Å². The van der Waals surface area contributed by atoms with Crippen LogP contribution in [0.15, 0.2) is 60.9 Å². The molecule has 152 valence electrons. The predicted octanol–water partition coefficient (Wildman–Crippen LogP) is 5.01. The molecule has 0 N–H and O–H groups in total. The average molecular weight is 423 g/mol. The highest BCUT2D eigenvalue weighted by molar-refractivity contribution is 6.30. The lowest BCUT2D eigenvalue weighted by atomic mass is 10.0. The maximum atomic E-state index is 14.8. The van der Waals surface area contributed by atoms with Crippen molar-refractivity contribution >= 4 is 28.2 Å². The van der Waals surface area contributed by atoms with Gasteiger partial charge in [0.2, 0.25) is 0 Å². The molecule has 0 saturated carbocycles. The fourth-order valence-electron chi connectivity index (χ4n) is 3.90. The molecule has 0 unspecified atom stereocenters. The third-order valence-corrected chi connectivity index (χ3v) is 5.64. The maximum Gasteiger partial charge on any atom is 0.134 e. The molecule has 0 amide bonds. The Bertz CT molecular complexity index is 1230. The number of halogens is 2. The van der Waals surface area contributed by atoms with Crippen molar-refractivity contribution in [2.75, 3.05) is 24.6 Å². The first-order valence-electron chi connectivity index (χ1n) is 9.79. The highest BCUT2D eigenvalue weighted by Crippen LogP contribution is 2.34. The summed E-state index contributed by atoms with van der Waals surface area (Å²) in [6, 6.07) is 14.7. The van der Waals surface area contributed by atoms with Crippen LogP contribution < -0.4 is 4.90 Å². The average Bonchev–Trinajstić information content (AvgIpc) is 3.20. The fraction of sp³-hybridized carbons (Fsp3) is 0.217. The van der Waals surface area contributed by atoms with Crippen molar-refractivity contribution in [3.8, 4) is 11.3 Å². The van der Waals surface area contributed by atoms with E-state index in [4.69, 9.17) is 21.3 Å². The summed E-state index contributed by atoms with van der Waals surface area (Å²) in [6.45, 7) is 1.95. The minimum absolute atomic E-state index is 0.0866. The van der Waals surface area contributed by atoms with Gasteiger partial charge in [-0.25, -0.2) is 9.37 Å². The van der Waals surface area contributed by atoms with Crippen LogP contribution in [-0.4, -0.2) is 34.5 Å². The van der Waals surface area contributed by atoms with Gasteiger partial charge in [0.05, 0.1) is 18.5 Å². The highest BCUT2D eigenvalue weighted by Gasteiger charge is 2.25. The van der Waals surface area contributed by atoms with Crippen LogP contribution >= 0.6 is 11.6 Å². The van der Waals surface area contributed by atoms with Crippen molar-refractivity contribution in [2.45, 2.75) is 6.10 Å². The van der Waals surface area contributed by atoms with E-state index in [0.717, 1.165) is 22.2 Å². The fourth-order valence-corrected chi connectivity index (χ4v) is 4.06. The minimum Gasteiger partial charge on any atom is -0.370 e. The molecule has 2 aromatic heterocycles. The van der Waals surface area contributed by atoms with Crippen molar-refractivity contribution < 1.29 is 9.13 Å². The number of rotatable bonds is 3. The first-order chi connectivity index (χ1) is 14.6. The molecular formula is C23H20ClFN4O. The van der Waals surface area contributed by atoms with Gasteiger partial charge >= 0.3 is 0 Å². The standard InChI is InChI=1S/C23H20ClFN4O/c1-28-13-16(12-26-28)21-14-29(8-9-30-21)22-10-15-4-2-3-5-18(15)23(27-22)19-7-6-17(24)11-20(19)25/h2-7,10-13,21H,8-9,14H2,1H3/t21-/m1/s1. The van der Waals surface area contributed by atoms with E-state index in [0.29, 0.717) is 36.0 Å². The zero-order chi connectivity index (χ0) is 20.7. The van der Waals surface area contributed by atoms with Crippen LogP contribution in [0.2, 0.25) is 5.02 Å². The molecular weight excluding hydrogens is 403 g/mol. The van der Waals surface area contributed by atoms with Gasteiger partial charge in [0, 0.05) is 47.9 Å². The van der Waals surface area contributed by atoms with E-state index in [1.165, 1.54) is 6.07 Å². The Kier molecular flexibility index (Phi) is 4.89. The SMILES string of the molecule is Cn1cc([C@H]2CN(c3cc4ccccc4c(-c4ccc(Cl)cc4F)n3)CCO2)cn1. The quantitative estimate of drug-likeness (QED) is 0.465. The summed E-state index contributed by atoms with van der Waals surface area (Å²) in [4.78, 5) is 7.07. The molecule has 0 radical (unpaired) electrons. The number of ether oxygens (including phenoxy) is 1. The Morgan fingerprint density at radius 3 is 2.83 bits per heavy atom. The monoisotopic (exact) mass is 422 g/mol. The molecule has 4 aromatic rings. The molecule has 0 bridgehead atoms. The molecule has 1 aliphatic rings. The van der Waals surface area contributed by atoms with Crippen molar-refractivity contribution in [2.24, 2.45) is 7.05 Å². The number of aromatic nitrogens is 3. The summed E-state index contributed by atoms with van der Waals surface area (Å²) in [7, 11) is 1.89. The second kappa shape index (κ2) is 7.70. The van der Waals surface area contributed by atoms with Gasteiger partial charge in [0.1, 0.15) is 17.7 Å². The van der Waals surface area contributed by atoms with E-state index in [9.17, 15) is 4.39 Å². The molecule has 2 aromatic carbocycles. The first kappa shape index (κ1) is 19.0. The van der Waals surface area contributed by atoms with E-state index in [2.05, 4.69) is 16.1 Å². The van der Waals surface area contributed by atoms with Crippen molar-refractivity contribution in [1.82, 2.24) is 14.8 Å². The molecule has 1 fully saturated rings. The van der Waals surface area contributed by atoms with E-state index in [-0.39, 0.29) is 11.9 Å². The Hall–Kier alpha value is -2.96. The van der Waals surface area contributed by atoms with Gasteiger partial charge in [-0.1, -0.05) is 35.9 Å². The third kappa shape index (κ3) is 3.53. The van der Waals surface area contributed by atoms with Crippen LogP contribution in [0.1, 0.15) is 11.7 Å². The molecule has 30 heavy (non-hydrogen) atoms. The number of benzene rings is 2. The number of anilines is 1. The first-order valence-corrected chi connectivity index (χ1v) is 10.2. The lowest BCUT2D eigenvalue weighted by Gasteiger charge is -2.33. The minimum atomic E-state index is -0.382. The Morgan fingerprint density at radius 2 is 2.03 bits per heavy atom. The van der Waals surface area contributed by atoms with Gasteiger partial charge in [0.25, 0.3) is 0 Å². The topological polar surface area (TPSA) is 43.2 Å². The number of hydrogen-bond donors (Lipinski definition) is 0. The number of pyridine rings is 1. The summed E-state index contributed by atoms with van der Waals surface area (Å²) < 4.78 is 22.5. The smallest absolute Gasteiger partial charge is 0.134 e. The number of fused-ring (bicyclic) bond motifs is 1. The molecule has 0 aliphatic carbocycles. The second-order valence-electron chi connectivity index (χ2n) is 7.43. The molecule has 5 nitrogen and oxygen atoms in total. The van der Waals surface area contributed by atoms with Gasteiger partial charge in [-0.15, -0.1) is 0 Å². The van der Waals surface area contributed by atoms with Crippen LogP contribution in [-0.2, 0) is 11.8 Å². The lowest BCUT2D eigenvalue weighted by molar-refractivity contribution is 0.0395. The van der Waals surface area contributed by atoms with Gasteiger partial charge in [-0.3, -0.25) is 4.68 Å². The van der Waals surface area contributed by atoms with Crippen LogP contribution in [0, 0.1) is 5.82 Å². The Labute approximate surface area is 178 Å². The molecule has 1 saturated heterocycles. The van der Waals surface area contributed by atoms with Gasteiger partial charge in [0.15, 0.2) is 0 Å². The number of hydrogen-bond acceptors (Lipinski definition) is 4. The Morgan fingerprint density at radius 1 is 1.17 bits per heavy atom. The molecule has 5 rings (SSSR count). The largest absolute Gasteiger partial charge is 0.370 e. The predicted molar refractivity (Wildman–Crippen MR) is 116 cm³/mol. The van der Waals surface area contributed by atoms with Crippen molar-refractivity contribution in [3.05, 3.63) is 77.3 Å². The third-order valence-electron chi connectivity index (χ3n) is 5.40. The van der Waals surface area contributed by atoms with Crippen LogP contribution in [0.4, 0.5) is 10.2 Å². The molecule has 7 heteroatoms. The zero-order valence-corrected chi connectivity index (χ0v) is 17.2. The molecule has 0 spiro atoms. The lowest BCUT2D eigenvalue weighted by Crippen LogP contribution is -2.38. The summed E-state index contributed by atoms with van der Waals surface area (Å²) in [6.07, 6.45) is 3.71. The van der Waals surface area contributed by atoms with Gasteiger partial charge in [-0.2, -0.15) is 5.10 Å². The summed E-state index contributed by atoms with van der Waals surface area (Å²) in [5, 5.41) is 6.53. The number of morpholine rings is 1. The van der Waals surface area contributed by atoms with Crippen LogP contribution in [0.25, 0.3) is 22.0 Å². The summed E-state index contributed by atoms with van der Waals surface area (Å²) in [5.74, 6) is 0.419. The van der Waals surface area contributed by atoms with Gasteiger partial charge < -0.3 is 9.64 Å². The number of aryl methyl sites for hydroxylation is 1. The van der Waals surface area contributed by atoms with E-state index >= 15 is 0 Å². The van der Waals surface area contributed by atoms with E-state index in [1.54, 1.807) is 16.8 Å². The second-order valence-corrected chi connectivity index (χ2v) is 7.86. The zero-order valence-electron chi connectivity index (χ0n) is 16.4. The molecule has 3 heterocycles. The summed E-state index contributed by atoms with van der Waals surface area (Å²) in [5.41, 5.74) is 2.09. The van der Waals surface area contributed by atoms with E-state index < -0.39 is 0 Å². The highest BCUT2D eigenvalue weighted by atomic mass is 35.5. The number of nitrogens with zero attached hydrogens (tertiary/aromatic N) is 4. The molecule has 1 aliphatic heterocycles. The molecule has 1 atom stereocenters. The van der Waals surface area contributed by atoms with E-state index in [1.807, 2.05) is 43.7 Å². The van der Waals surface area contributed by atoms with Gasteiger partial charge in [-0.05, 0) is 29.7 Å². The normalized spacial score (nSPS) is 16.9. The maximum absolute atomic E-state index is 14.8. The van der Waals surface area contributed by atoms with Crippen molar-refractivity contribution in [3.63, 3.8) is 0 Å². The van der Waals surface area contributed by atoms with Crippen molar-refractivity contribution in [1.29, 1.82) is 0 Å².